The predicted octanol–water partition coefficient (Wildman–Crippen LogP) is 6.43. The maximum absolute atomic E-state index is 13.8. The molecule has 2 aromatic rings. The highest BCUT2D eigenvalue weighted by molar-refractivity contribution is 5.67. The Balaban J connectivity index is 2.22. The van der Waals surface area contributed by atoms with E-state index in [2.05, 4.69) is 9.97 Å². The first kappa shape index (κ1) is 26.4. The van der Waals surface area contributed by atoms with Gasteiger partial charge in [-0.05, 0) is 78.1 Å². The lowest BCUT2D eigenvalue weighted by Gasteiger charge is -2.46. The molecular weight excluding hydrogens is 435 g/mol. The van der Waals surface area contributed by atoms with Crippen molar-refractivity contribution in [2.75, 3.05) is 6.61 Å². The first-order chi connectivity index (χ1) is 15.0. The number of ether oxygens (including phenoxy) is 1. The van der Waals surface area contributed by atoms with E-state index < -0.39 is 28.9 Å². The Labute approximate surface area is 192 Å². The van der Waals surface area contributed by atoms with Crippen LogP contribution in [-0.2, 0) is 6.18 Å². The third kappa shape index (κ3) is 6.82. The van der Waals surface area contributed by atoms with Crippen LogP contribution >= 0.6 is 0 Å². The van der Waals surface area contributed by atoms with Crippen molar-refractivity contribution in [1.29, 1.82) is 0 Å². The fourth-order valence-corrected chi connectivity index (χ4v) is 4.34. The summed E-state index contributed by atoms with van der Waals surface area (Å²) < 4.78 is 46.9. The molecule has 9 heteroatoms. The molecule has 1 aromatic carbocycles. The fraction of sp³-hybridized carbons (Fsp3) is 0.542. The molecule has 33 heavy (non-hydrogen) atoms. The van der Waals surface area contributed by atoms with E-state index >= 15 is 0 Å². The minimum absolute atomic E-state index is 0.00999. The molecule has 2 rings (SSSR count). The Hall–Kier alpha value is -2.84. The van der Waals surface area contributed by atoms with E-state index in [1.165, 1.54) is 23.4 Å². The van der Waals surface area contributed by atoms with Crippen LogP contribution in [0.25, 0.3) is 11.3 Å². The summed E-state index contributed by atoms with van der Waals surface area (Å²) in [6.07, 6.45) is -3.93. The number of rotatable bonds is 7. The Kier molecular flexibility index (Phi) is 7.66. The highest BCUT2D eigenvalue weighted by Gasteiger charge is 2.40. The van der Waals surface area contributed by atoms with E-state index in [0.29, 0.717) is 23.4 Å². The van der Waals surface area contributed by atoms with Gasteiger partial charge in [-0.25, -0.2) is 14.8 Å². The van der Waals surface area contributed by atoms with Gasteiger partial charge in [0.1, 0.15) is 12.1 Å². The van der Waals surface area contributed by atoms with Crippen LogP contribution in [0.2, 0.25) is 0 Å². The summed E-state index contributed by atoms with van der Waals surface area (Å²) in [6.45, 7) is 12.6. The minimum atomic E-state index is -4.61. The molecule has 0 aliphatic heterocycles. The van der Waals surface area contributed by atoms with Crippen LogP contribution in [-0.4, -0.2) is 43.8 Å². The number of carbonyl (C=O) groups is 1. The molecule has 0 bridgehead atoms. The normalized spacial score (nSPS) is 13.5. The van der Waals surface area contributed by atoms with Crippen LogP contribution in [0.1, 0.15) is 59.2 Å². The zero-order chi connectivity index (χ0) is 25.2. The number of hydrogen-bond donors (Lipinski definition) is 1. The Morgan fingerprint density at radius 3 is 2.27 bits per heavy atom. The molecular formula is C24H32F3N3O3. The largest absolute Gasteiger partial charge is 0.493 e. The zero-order valence-electron chi connectivity index (χ0n) is 20.1. The second-order valence-corrected chi connectivity index (χ2v) is 9.97. The Morgan fingerprint density at radius 1 is 1.12 bits per heavy atom. The van der Waals surface area contributed by atoms with Gasteiger partial charge in [0.2, 0.25) is 0 Å². The van der Waals surface area contributed by atoms with Crippen molar-refractivity contribution >= 4 is 6.09 Å². The number of halogens is 3. The van der Waals surface area contributed by atoms with Gasteiger partial charge in [-0.3, -0.25) is 4.90 Å². The molecule has 1 amide bonds. The van der Waals surface area contributed by atoms with Gasteiger partial charge in [0.05, 0.1) is 17.9 Å². The van der Waals surface area contributed by atoms with E-state index in [1.807, 2.05) is 20.8 Å². The van der Waals surface area contributed by atoms with Crippen molar-refractivity contribution in [3.8, 4) is 17.0 Å². The second-order valence-electron chi connectivity index (χ2n) is 9.97. The summed E-state index contributed by atoms with van der Waals surface area (Å²) >= 11 is 0. The van der Waals surface area contributed by atoms with Crippen molar-refractivity contribution < 1.29 is 27.8 Å². The molecule has 1 atom stereocenters. The van der Waals surface area contributed by atoms with Crippen LogP contribution in [0, 0.1) is 12.8 Å². The maximum Gasteiger partial charge on any atom is 0.419 e. The average Bonchev–Trinajstić information content (AvgIpc) is 2.63. The minimum Gasteiger partial charge on any atom is -0.493 e. The topological polar surface area (TPSA) is 75.5 Å². The maximum atomic E-state index is 13.8. The van der Waals surface area contributed by atoms with Gasteiger partial charge in [0.25, 0.3) is 0 Å². The number of carboxylic acid groups (broad SMARTS) is 1. The molecule has 0 fully saturated rings. The molecule has 0 saturated heterocycles. The lowest BCUT2D eigenvalue weighted by molar-refractivity contribution is -0.139. The van der Waals surface area contributed by atoms with Crippen LogP contribution in [0.3, 0.4) is 0 Å². The van der Waals surface area contributed by atoms with E-state index in [9.17, 15) is 23.1 Å². The summed E-state index contributed by atoms with van der Waals surface area (Å²) in [7, 11) is 0. The number of amides is 1. The molecule has 1 aromatic heterocycles. The van der Waals surface area contributed by atoms with Gasteiger partial charge < -0.3 is 9.84 Å². The van der Waals surface area contributed by atoms with Gasteiger partial charge in [-0.1, -0.05) is 6.92 Å². The lowest BCUT2D eigenvalue weighted by Crippen LogP contribution is -2.57. The van der Waals surface area contributed by atoms with Crippen LogP contribution < -0.4 is 4.74 Å². The number of alkyl halides is 3. The summed E-state index contributed by atoms with van der Waals surface area (Å²) in [4.78, 5) is 21.2. The summed E-state index contributed by atoms with van der Waals surface area (Å²) in [5.74, 6) is -0.470. The van der Waals surface area contributed by atoms with Crippen LogP contribution in [0.4, 0.5) is 18.0 Å². The van der Waals surface area contributed by atoms with Gasteiger partial charge in [0, 0.05) is 22.3 Å². The summed E-state index contributed by atoms with van der Waals surface area (Å²) in [6, 6.07) is 5.47. The summed E-state index contributed by atoms with van der Waals surface area (Å²) in [5.41, 5.74) is -0.897. The first-order valence-electron chi connectivity index (χ1n) is 10.7. The lowest BCUT2D eigenvalue weighted by atomic mass is 9.87. The zero-order valence-corrected chi connectivity index (χ0v) is 20.1. The monoisotopic (exact) mass is 467 g/mol. The van der Waals surface area contributed by atoms with Crippen molar-refractivity contribution in [3.63, 3.8) is 0 Å². The third-order valence-corrected chi connectivity index (χ3v) is 5.22. The molecule has 0 aliphatic rings. The first-order valence-corrected chi connectivity index (χ1v) is 10.7. The number of benzene rings is 1. The van der Waals surface area contributed by atoms with Gasteiger partial charge in [-0.2, -0.15) is 13.2 Å². The number of hydrogen-bond acceptors (Lipinski definition) is 4. The average molecular weight is 468 g/mol. The quantitative estimate of drug-likeness (QED) is 0.508. The molecule has 0 unspecified atom stereocenters. The standard InChI is InChI=1S/C24H32F3N3O3/c1-15(12-23(6,7)30(21(31)32)22(3,4)5)13-33-20-9-8-17(11-18(20)24(25,26)27)19-10-16(2)28-14-29-19/h8-11,14-15H,12-13H2,1-7H3,(H,31,32)/t15-/m0/s1. The van der Waals surface area contributed by atoms with Gasteiger partial charge in [-0.15, -0.1) is 0 Å². The van der Waals surface area contributed by atoms with Gasteiger partial charge >= 0.3 is 12.3 Å². The van der Waals surface area contributed by atoms with E-state index in [0.717, 1.165) is 6.07 Å². The molecule has 6 nitrogen and oxygen atoms in total. The van der Waals surface area contributed by atoms with Crippen LogP contribution in [0.5, 0.6) is 5.75 Å². The number of aromatic nitrogens is 2. The third-order valence-electron chi connectivity index (χ3n) is 5.22. The molecule has 182 valence electrons. The van der Waals surface area contributed by atoms with Crippen molar-refractivity contribution in [3.05, 3.63) is 41.9 Å². The van der Waals surface area contributed by atoms with E-state index in [4.69, 9.17) is 4.74 Å². The second kappa shape index (κ2) is 9.57. The van der Waals surface area contributed by atoms with E-state index in [1.54, 1.807) is 33.8 Å². The van der Waals surface area contributed by atoms with Crippen LogP contribution in [0.15, 0.2) is 30.6 Å². The molecule has 1 N–H and O–H groups in total. The number of aryl methyl sites for hydroxylation is 1. The van der Waals surface area contributed by atoms with E-state index in [-0.39, 0.29) is 18.3 Å². The Bertz CT molecular complexity index is 985. The van der Waals surface area contributed by atoms with Crippen molar-refractivity contribution in [2.24, 2.45) is 5.92 Å². The molecule has 0 spiro atoms. The number of nitrogens with zero attached hydrogens (tertiary/aromatic N) is 3. The van der Waals surface area contributed by atoms with Gasteiger partial charge in [0.15, 0.2) is 0 Å². The fourth-order valence-electron chi connectivity index (χ4n) is 4.34. The smallest absolute Gasteiger partial charge is 0.419 e. The molecule has 0 aliphatic carbocycles. The molecule has 0 radical (unpaired) electrons. The Morgan fingerprint density at radius 2 is 1.76 bits per heavy atom. The molecule has 1 heterocycles. The van der Waals surface area contributed by atoms with Crippen molar-refractivity contribution in [2.45, 2.75) is 72.1 Å². The summed E-state index contributed by atoms with van der Waals surface area (Å²) in [5, 5.41) is 9.69. The highest BCUT2D eigenvalue weighted by Crippen LogP contribution is 2.39. The highest BCUT2D eigenvalue weighted by atomic mass is 19.4. The van der Waals surface area contributed by atoms with Crippen molar-refractivity contribution in [1.82, 2.24) is 14.9 Å². The predicted molar refractivity (Wildman–Crippen MR) is 120 cm³/mol. The molecule has 0 saturated carbocycles. The SMILES string of the molecule is Cc1cc(-c2ccc(OC[C@@H](C)CC(C)(C)N(C(=O)O)C(C)(C)C)c(C(F)(F)F)c2)ncn1.